The molecule has 3 nitrogen and oxygen atoms in total. The van der Waals surface area contributed by atoms with E-state index in [1.807, 2.05) is 11.7 Å². The number of aryl methyl sites for hydroxylation is 2. The molecule has 0 aromatic carbocycles. The third-order valence-corrected chi connectivity index (χ3v) is 2.62. The van der Waals surface area contributed by atoms with Crippen LogP contribution < -0.4 is 5.32 Å². The molecule has 1 aromatic rings. The standard InChI is InChI=1S/C12H23N3/c1-9-11(10(2)15(6)14-9)7-13-8-12(3,4)5/h13H,7-8H2,1-6H3. The van der Waals surface area contributed by atoms with Crippen LogP contribution in [-0.4, -0.2) is 16.3 Å². The number of aromatic nitrogens is 2. The summed E-state index contributed by atoms with van der Waals surface area (Å²) in [6.07, 6.45) is 0. The van der Waals surface area contributed by atoms with Crippen LogP contribution >= 0.6 is 0 Å². The van der Waals surface area contributed by atoms with Gasteiger partial charge < -0.3 is 5.32 Å². The summed E-state index contributed by atoms with van der Waals surface area (Å²) >= 11 is 0. The van der Waals surface area contributed by atoms with Crippen molar-refractivity contribution in [2.75, 3.05) is 6.54 Å². The van der Waals surface area contributed by atoms with E-state index in [0.717, 1.165) is 18.8 Å². The fraction of sp³-hybridized carbons (Fsp3) is 0.750. The molecule has 0 aliphatic carbocycles. The van der Waals surface area contributed by atoms with Gasteiger partial charge in [0.1, 0.15) is 0 Å². The highest BCUT2D eigenvalue weighted by atomic mass is 15.3. The summed E-state index contributed by atoms with van der Waals surface area (Å²) in [5.41, 5.74) is 4.07. The van der Waals surface area contributed by atoms with Crippen molar-refractivity contribution in [1.82, 2.24) is 15.1 Å². The molecule has 0 saturated carbocycles. The van der Waals surface area contributed by atoms with Gasteiger partial charge in [0.15, 0.2) is 0 Å². The Bertz CT molecular complexity index is 331. The molecule has 0 bridgehead atoms. The molecule has 0 radical (unpaired) electrons. The van der Waals surface area contributed by atoms with Crippen LogP contribution in [-0.2, 0) is 13.6 Å². The Labute approximate surface area is 92.9 Å². The van der Waals surface area contributed by atoms with Crippen LogP contribution in [0, 0.1) is 19.3 Å². The van der Waals surface area contributed by atoms with Crippen LogP contribution in [0.2, 0.25) is 0 Å². The van der Waals surface area contributed by atoms with E-state index in [2.05, 4.69) is 45.0 Å². The molecule has 86 valence electrons. The zero-order chi connectivity index (χ0) is 11.6. The molecule has 0 amide bonds. The Morgan fingerprint density at radius 3 is 2.27 bits per heavy atom. The summed E-state index contributed by atoms with van der Waals surface area (Å²) in [6, 6.07) is 0. The van der Waals surface area contributed by atoms with Gasteiger partial charge in [0.2, 0.25) is 0 Å². The van der Waals surface area contributed by atoms with Gasteiger partial charge in [-0.2, -0.15) is 5.10 Å². The first kappa shape index (κ1) is 12.2. The lowest BCUT2D eigenvalue weighted by atomic mass is 9.97. The Morgan fingerprint density at radius 1 is 1.27 bits per heavy atom. The molecule has 1 rings (SSSR count). The van der Waals surface area contributed by atoms with Crippen molar-refractivity contribution in [3.05, 3.63) is 17.0 Å². The molecule has 0 aliphatic rings. The average Bonchev–Trinajstić information content (AvgIpc) is 2.29. The van der Waals surface area contributed by atoms with Crippen LogP contribution in [0.25, 0.3) is 0 Å². The molecule has 0 aliphatic heterocycles. The molecule has 0 fully saturated rings. The van der Waals surface area contributed by atoms with Crippen molar-refractivity contribution < 1.29 is 0 Å². The van der Waals surface area contributed by atoms with Crippen molar-refractivity contribution in [2.45, 2.75) is 41.2 Å². The molecule has 1 N–H and O–H groups in total. The fourth-order valence-corrected chi connectivity index (χ4v) is 1.64. The number of hydrogen-bond donors (Lipinski definition) is 1. The number of nitrogens with zero attached hydrogens (tertiary/aromatic N) is 2. The van der Waals surface area contributed by atoms with Gasteiger partial charge >= 0.3 is 0 Å². The Hall–Kier alpha value is -0.830. The van der Waals surface area contributed by atoms with Gasteiger partial charge in [-0.3, -0.25) is 4.68 Å². The van der Waals surface area contributed by atoms with E-state index >= 15 is 0 Å². The molecule has 1 aromatic heterocycles. The second-order valence-electron chi connectivity index (χ2n) is 5.44. The maximum absolute atomic E-state index is 4.40. The first-order valence-corrected chi connectivity index (χ1v) is 5.51. The zero-order valence-electron chi connectivity index (χ0n) is 10.8. The third-order valence-electron chi connectivity index (χ3n) is 2.62. The minimum atomic E-state index is 0.337. The predicted octanol–water partition coefficient (Wildman–Crippen LogP) is 2.17. The smallest absolute Gasteiger partial charge is 0.0641 e. The van der Waals surface area contributed by atoms with Crippen molar-refractivity contribution in [1.29, 1.82) is 0 Å². The molecule has 0 saturated heterocycles. The minimum Gasteiger partial charge on any atom is -0.312 e. The van der Waals surface area contributed by atoms with Crippen molar-refractivity contribution in [2.24, 2.45) is 12.5 Å². The number of hydrogen-bond acceptors (Lipinski definition) is 2. The first-order chi connectivity index (χ1) is 6.81. The maximum Gasteiger partial charge on any atom is 0.0641 e. The third kappa shape index (κ3) is 3.34. The quantitative estimate of drug-likeness (QED) is 0.827. The largest absolute Gasteiger partial charge is 0.312 e. The van der Waals surface area contributed by atoms with Gasteiger partial charge in [-0.25, -0.2) is 0 Å². The van der Waals surface area contributed by atoms with Gasteiger partial charge in [0.05, 0.1) is 5.69 Å². The highest BCUT2D eigenvalue weighted by molar-refractivity contribution is 5.23. The molecular formula is C12H23N3. The van der Waals surface area contributed by atoms with E-state index in [-0.39, 0.29) is 0 Å². The fourth-order valence-electron chi connectivity index (χ4n) is 1.64. The summed E-state index contributed by atoms with van der Waals surface area (Å²) in [5.74, 6) is 0. The summed E-state index contributed by atoms with van der Waals surface area (Å²) in [5, 5.41) is 7.89. The van der Waals surface area contributed by atoms with E-state index in [4.69, 9.17) is 0 Å². The Balaban J connectivity index is 2.58. The van der Waals surface area contributed by atoms with Gasteiger partial charge in [-0.15, -0.1) is 0 Å². The summed E-state index contributed by atoms with van der Waals surface area (Å²) < 4.78 is 1.95. The van der Waals surface area contributed by atoms with Crippen LogP contribution in [0.5, 0.6) is 0 Å². The van der Waals surface area contributed by atoms with Crippen molar-refractivity contribution in [3.63, 3.8) is 0 Å². The van der Waals surface area contributed by atoms with E-state index in [1.165, 1.54) is 11.3 Å². The topological polar surface area (TPSA) is 29.9 Å². The van der Waals surface area contributed by atoms with E-state index in [1.54, 1.807) is 0 Å². The molecular weight excluding hydrogens is 186 g/mol. The minimum absolute atomic E-state index is 0.337. The van der Waals surface area contributed by atoms with E-state index in [9.17, 15) is 0 Å². The van der Waals surface area contributed by atoms with Gasteiger partial charge in [-0.05, 0) is 19.3 Å². The van der Waals surface area contributed by atoms with Crippen molar-refractivity contribution in [3.8, 4) is 0 Å². The lowest BCUT2D eigenvalue weighted by molar-refractivity contribution is 0.379. The van der Waals surface area contributed by atoms with E-state index < -0.39 is 0 Å². The van der Waals surface area contributed by atoms with Gasteiger partial charge in [-0.1, -0.05) is 20.8 Å². The molecule has 3 heteroatoms. The molecule has 0 unspecified atom stereocenters. The zero-order valence-corrected chi connectivity index (χ0v) is 10.8. The lowest BCUT2D eigenvalue weighted by Crippen LogP contribution is -2.26. The number of rotatable bonds is 3. The van der Waals surface area contributed by atoms with E-state index in [0.29, 0.717) is 5.41 Å². The van der Waals surface area contributed by atoms with Crippen LogP contribution in [0.3, 0.4) is 0 Å². The monoisotopic (exact) mass is 209 g/mol. The highest BCUT2D eigenvalue weighted by Gasteiger charge is 2.12. The predicted molar refractivity (Wildman–Crippen MR) is 63.8 cm³/mol. The Kier molecular flexibility index (Phi) is 3.55. The molecule has 0 atom stereocenters. The SMILES string of the molecule is Cc1nn(C)c(C)c1CNCC(C)(C)C. The maximum atomic E-state index is 4.40. The summed E-state index contributed by atoms with van der Waals surface area (Å²) in [4.78, 5) is 0. The van der Waals surface area contributed by atoms with Crippen LogP contribution in [0.15, 0.2) is 0 Å². The molecule has 15 heavy (non-hydrogen) atoms. The van der Waals surface area contributed by atoms with Crippen LogP contribution in [0.1, 0.15) is 37.7 Å². The normalized spacial score (nSPS) is 12.1. The van der Waals surface area contributed by atoms with Crippen molar-refractivity contribution >= 4 is 0 Å². The first-order valence-electron chi connectivity index (χ1n) is 5.51. The van der Waals surface area contributed by atoms with Gasteiger partial charge in [0.25, 0.3) is 0 Å². The second-order valence-corrected chi connectivity index (χ2v) is 5.44. The highest BCUT2D eigenvalue weighted by Crippen LogP contribution is 2.14. The van der Waals surface area contributed by atoms with Crippen LogP contribution in [0.4, 0.5) is 0 Å². The summed E-state index contributed by atoms with van der Waals surface area (Å²) in [7, 11) is 2.00. The lowest BCUT2D eigenvalue weighted by Gasteiger charge is -2.18. The second kappa shape index (κ2) is 4.35. The molecule has 0 spiro atoms. The molecule has 1 heterocycles. The van der Waals surface area contributed by atoms with Gasteiger partial charge in [0, 0.05) is 31.4 Å². The summed E-state index contributed by atoms with van der Waals surface area (Å²) in [6.45, 7) is 12.9. The Morgan fingerprint density at radius 2 is 1.87 bits per heavy atom. The average molecular weight is 209 g/mol. The number of nitrogens with one attached hydrogen (secondary N) is 1.